The number of halogens is 1. The van der Waals surface area contributed by atoms with Gasteiger partial charge in [-0.15, -0.1) is 0 Å². The van der Waals surface area contributed by atoms with Crippen LogP contribution in [0.4, 0.5) is 5.95 Å². The highest BCUT2D eigenvalue weighted by Gasteiger charge is 2.28. The molecule has 1 fully saturated rings. The quantitative estimate of drug-likeness (QED) is 0.725. The maximum Gasteiger partial charge on any atom is 0.258 e. The summed E-state index contributed by atoms with van der Waals surface area (Å²) in [7, 11) is 0. The Morgan fingerprint density at radius 2 is 2.19 bits per heavy atom. The van der Waals surface area contributed by atoms with Crippen molar-refractivity contribution >= 4 is 23.5 Å². The number of anilines is 1. The van der Waals surface area contributed by atoms with E-state index in [1.165, 1.54) is 17.3 Å². The zero-order chi connectivity index (χ0) is 14.7. The van der Waals surface area contributed by atoms with E-state index in [1.807, 2.05) is 0 Å². The van der Waals surface area contributed by atoms with Crippen LogP contribution in [0.1, 0.15) is 12.8 Å². The van der Waals surface area contributed by atoms with E-state index < -0.39 is 0 Å². The van der Waals surface area contributed by atoms with E-state index in [9.17, 15) is 4.79 Å². The van der Waals surface area contributed by atoms with Gasteiger partial charge in [-0.1, -0.05) is 0 Å². The summed E-state index contributed by atoms with van der Waals surface area (Å²) in [6, 6.07) is 0. The summed E-state index contributed by atoms with van der Waals surface area (Å²) in [5.74, 6) is 0.905. The third-order valence-electron chi connectivity index (χ3n) is 2.88. The molecule has 2 N–H and O–H groups in total. The predicted molar refractivity (Wildman–Crippen MR) is 74.0 cm³/mol. The molecular formula is C11H13ClN8O. The number of hydrogen-bond donors (Lipinski definition) is 2. The molecule has 3 rings (SSSR count). The van der Waals surface area contributed by atoms with Gasteiger partial charge in [-0.05, 0) is 24.4 Å². The van der Waals surface area contributed by atoms with Gasteiger partial charge in [-0.3, -0.25) is 4.79 Å². The zero-order valence-electron chi connectivity index (χ0n) is 11.0. The monoisotopic (exact) mass is 308 g/mol. The molecule has 1 aliphatic rings. The Morgan fingerprint density at radius 1 is 1.33 bits per heavy atom. The number of hydrogen-bond acceptors (Lipinski definition) is 7. The van der Waals surface area contributed by atoms with Crippen LogP contribution < -0.4 is 10.6 Å². The number of carbonyl (C=O) groups is 1. The van der Waals surface area contributed by atoms with Crippen molar-refractivity contribution in [1.29, 1.82) is 0 Å². The molecule has 1 aliphatic carbocycles. The van der Waals surface area contributed by atoms with Crippen molar-refractivity contribution in [3.63, 3.8) is 0 Å². The Morgan fingerprint density at radius 3 is 2.90 bits per heavy atom. The van der Waals surface area contributed by atoms with E-state index in [1.54, 1.807) is 0 Å². The molecule has 110 valence electrons. The molecule has 0 atom stereocenters. The Kier molecular flexibility index (Phi) is 3.91. The third kappa shape index (κ3) is 3.63. The molecule has 1 saturated carbocycles. The average molecular weight is 309 g/mol. The molecule has 2 aromatic rings. The molecule has 2 heterocycles. The second-order valence-electron chi connectivity index (χ2n) is 4.56. The second kappa shape index (κ2) is 6.00. The van der Waals surface area contributed by atoms with Gasteiger partial charge in [-0.2, -0.15) is 24.7 Å². The van der Waals surface area contributed by atoms with Gasteiger partial charge in [0.1, 0.15) is 12.7 Å². The van der Waals surface area contributed by atoms with Crippen molar-refractivity contribution in [1.82, 2.24) is 35.0 Å². The summed E-state index contributed by atoms with van der Waals surface area (Å²) in [6.07, 6.45) is 4.82. The maximum absolute atomic E-state index is 11.5. The molecule has 9 nitrogen and oxygen atoms in total. The number of nitrogens with zero attached hydrogens (tertiary/aromatic N) is 6. The van der Waals surface area contributed by atoms with Crippen LogP contribution in [-0.2, 0) is 4.79 Å². The van der Waals surface area contributed by atoms with Crippen LogP contribution >= 0.6 is 11.6 Å². The number of aromatic nitrogens is 6. The standard InChI is InChI=1S/C11H13ClN8O/c12-9-17-10(15-4-3-14-8(21)7-1-2-7)19-11(18-9)20-6-13-5-16-20/h5-7H,1-4H2,(H,14,21)(H,15,17,18,19). The van der Waals surface area contributed by atoms with Crippen LogP contribution in [0.2, 0.25) is 5.28 Å². The van der Waals surface area contributed by atoms with Crippen molar-refractivity contribution < 1.29 is 4.79 Å². The maximum atomic E-state index is 11.5. The van der Waals surface area contributed by atoms with E-state index in [0.29, 0.717) is 19.0 Å². The lowest BCUT2D eigenvalue weighted by molar-refractivity contribution is -0.122. The number of amides is 1. The smallest absolute Gasteiger partial charge is 0.258 e. The minimum Gasteiger partial charge on any atom is -0.354 e. The van der Waals surface area contributed by atoms with Gasteiger partial charge < -0.3 is 10.6 Å². The highest BCUT2D eigenvalue weighted by atomic mass is 35.5. The summed E-state index contributed by atoms with van der Waals surface area (Å²) in [5, 5.41) is 9.80. The van der Waals surface area contributed by atoms with Gasteiger partial charge in [0.25, 0.3) is 5.95 Å². The van der Waals surface area contributed by atoms with Crippen LogP contribution in [0.5, 0.6) is 0 Å². The lowest BCUT2D eigenvalue weighted by Gasteiger charge is -2.07. The van der Waals surface area contributed by atoms with Crippen LogP contribution in [0.3, 0.4) is 0 Å². The first kappa shape index (κ1) is 13.7. The normalized spacial score (nSPS) is 14.0. The van der Waals surface area contributed by atoms with Crippen molar-refractivity contribution in [2.24, 2.45) is 5.92 Å². The molecule has 0 bridgehead atoms. The number of nitrogens with one attached hydrogen (secondary N) is 2. The summed E-state index contributed by atoms with van der Waals surface area (Å²) in [4.78, 5) is 27.4. The van der Waals surface area contributed by atoms with Crippen molar-refractivity contribution in [3.05, 3.63) is 17.9 Å². The lowest BCUT2D eigenvalue weighted by Crippen LogP contribution is -2.30. The molecule has 21 heavy (non-hydrogen) atoms. The molecule has 0 aromatic carbocycles. The predicted octanol–water partition coefficient (Wildman–Crippen LogP) is 0.0438. The van der Waals surface area contributed by atoms with E-state index >= 15 is 0 Å². The van der Waals surface area contributed by atoms with Crippen molar-refractivity contribution in [2.75, 3.05) is 18.4 Å². The Bertz CT molecular complexity index is 627. The molecule has 10 heteroatoms. The lowest BCUT2D eigenvalue weighted by atomic mass is 10.4. The topological polar surface area (TPSA) is 111 Å². The van der Waals surface area contributed by atoms with Gasteiger partial charge >= 0.3 is 0 Å². The second-order valence-corrected chi connectivity index (χ2v) is 4.90. The number of rotatable bonds is 6. The Hall–Kier alpha value is -2.29. The minimum absolute atomic E-state index is 0.0556. The summed E-state index contributed by atoms with van der Waals surface area (Å²) >= 11 is 5.85. The highest BCUT2D eigenvalue weighted by molar-refractivity contribution is 6.28. The van der Waals surface area contributed by atoms with Gasteiger partial charge in [0, 0.05) is 19.0 Å². The SMILES string of the molecule is O=C(NCCNc1nc(Cl)nc(-n2cncn2)n1)C1CC1. The molecule has 0 radical (unpaired) electrons. The average Bonchev–Trinajstić information content (AvgIpc) is 3.17. The zero-order valence-corrected chi connectivity index (χ0v) is 11.8. The Balaban J connectivity index is 1.56. The van der Waals surface area contributed by atoms with Gasteiger partial charge in [-0.25, -0.2) is 4.98 Å². The summed E-state index contributed by atoms with van der Waals surface area (Å²) < 4.78 is 1.38. The fraction of sp³-hybridized carbons (Fsp3) is 0.455. The number of carbonyl (C=O) groups excluding carboxylic acids is 1. The van der Waals surface area contributed by atoms with E-state index in [2.05, 4.69) is 35.7 Å². The summed E-state index contributed by atoms with van der Waals surface area (Å²) in [6.45, 7) is 0.993. The van der Waals surface area contributed by atoms with E-state index in [0.717, 1.165) is 12.8 Å². The first-order valence-electron chi connectivity index (χ1n) is 6.50. The van der Waals surface area contributed by atoms with Crippen molar-refractivity contribution in [2.45, 2.75) is 12.8 Å². The molecule has 0 saturated heterocycles. The van der Waals surface area contributed by atoms with Crippen molar-refractivity contribution in [3.8, 4) is 5.95 Å². The fourth-order valence-corrected chi connectivity index (χ4v) is 1.84. The first-order chi connectivity index (χ1) is 10.2. The van der Waals surface area contributed by atoms with E-state index in [4.69, 9.17) is 11.6 Å². The first-order valence-corrected chi connectivity index (χ1v) is 6.88. The van der Waals surface area contributed by atoms with Crippen LogP contribution in [-0.4, -0.2) is 48.7 Å². The summed E-state index contributed by atoms with van der Waals surface area (Å²) in [5.41, 5.74) is 0. The van der Waals surface area contributed by atoms with Crippen LogP contribution in [0, 0.1) is 5.92 Å². The molecule has 0 unspecified atom stereocenters. The molecular weight excluding hydrogens is 296 g/mol. The Labute approximate surface area is 125 Å². The van der Waals surface area contributed by atoms with Crippen LogP contribution in [0.15, 0.2) is 12.7 Å². The molecule has 0 aliphatic heterocycles. The fourth-order valence-electron chi connectivity index (χ4n) is 1.68. The van der Waals surface area contributed by atoms with Gasteiger partial charge in [0.2, 0.25) is 17.1 Å². The highest BCUT2D eigenvalue weighted by Crippen LogP contribution is 2.28. The molecule has 2 aromatic heterocycles. The largest absolute Gasteiger partial charge is 0.354 e. The van der Waals surface area contributed by atoms with Gasteiger partial charge in [0.15, 0.2) is 0 Å². The van der Waals surface area contributed by atoms with E-state index in [-0.39, 0.29) is 23.1 Å². The third-order valence-corrected chi connectivity index (χ3v) is 3.04. The van der Waals surface area contributed by atoms with Gasteiger partial charge in [0.05, 0.1) is 0 Å². The molecule has 1 amide bonds. The molecule has 0 spiro atoms. The van der Waals surface area contributed by atoms with Crippen LogP contribution in [0.25, 0.3) is 5.95 Å². The minimum atomic E-state index is 0.0556.